The van der Waals surface area contributed by atoms with Gasteiger partial charge >= 0.3 is 5.97 Å². The Kier molecular flexibility index (Phi) is 3.96. The van der Waals surface area contributed by atoms with E-state index in [1.165, 1.54) is 7.11 Å². The van der Waals surface area contributed by atoms with Gasteiger partial charge in [0, 0.05) is 11.6 Å². The Bertz CT molecular complexity index is 211. The van der Waals surface area contributed by atoms with Gasteiger partial charge in [-0.1, -0.05) is 13.0 Å². The predicted octanol–water partition coefficient (Wildman–Crippen LogP) is 1.25. The van der Waals surface area contributed by atoms with Crippen molar-refractivity contribution in [2.24, 2.45) is 0 Å². The van der Waals surface area contributed by atoms with E-state index in [9.17, 15) is 4.79 Å². The van der Waals surface area contributed by atoms with Crippen molar-refractivity contribution in [1.82, 2.24) is 5.32 Å². The summed E-state index contributed by atoms with van der Waals surface area (Å²) in [6, 6.07) is 0.369. The van der Waals surface area contributed by atoms with Crippen molar-refractivity contribution < 1.29 is 9.53 Å². The lowest BCUT2D eigenvalue weighted by molar-refractivity contribution is -0.136. The molecule has 0 saturated heterocycles. The van der Waals surface area contributed by atoms with E-state index in [2.05, 4.69) is 17.0 Å². The summed E-state index contributed by atoms with van der Waals surface area (Å²) in [5, 5.41) is 3.36. The van der Waals surface area contributed by atoms with E-state index in [-0.39, 0.29) is 5.97 Å². The number of methoxy groups -OCH3 is 1. The normalized spacial score (nSPS) is 21.4. The summed E-state index contributed by atoms with van der Waals surface area (Å²) in [4.78, 5) is 11.1. The van der Waals surface area contributed by atoms with Gasteiger partial charge in [0.15, 0.2) is 0 Å². The molecule has 1 aliphatic rings. The van der Waals surface area contributed by atoms with Crippen molar-refractivity contribution >= 4 is 5.97 Å². The van der Waals surface area contributed by atoms with Crippen molar-refractivity contribution in [2.75, 3.05) is 13.7 Å². The molecule has 0 aromatic heterocycles. The molecule has 0 aromatic rings. The maximum Gasteiger partial charge on any atom is 0.333 e. The highest BCUT2D eigenvalue weighted by atomic mass is 16.5. The topological polar surface area (TPSA) is 38.3 Å². The van der Waals surface area contributed by atoms with Gasteiger partial charge in [0.2, 0.25) is 0 Å². The summed E-state index contributed by atoms with van der Waals surface area (Å²) >= 11 is 0. The third-order valence-corrected chi connectivity index (χ3v) is 2.23. The van der Waals surface area contributed by atoms with Crippen molar-refractivity contribution in [3.05, 3.63) is 11.6 Å². The Morgan fingerprint density at radius 1 is 1.77 bits per heavy atom. The SMILES string of the molecule is CCCNC1C=C(C(=O)OC)CC1. The smallest absolute Gasteiger partial charge is 0.333 e. The number of hydrogen-bond acceptors (Lipinski definition) is 3. The zero-order valence-corrected chi connectivity index (χ0v) is 8.30. The molecule has 0 bridgehead atoms. The van der Waals surface area contributed by atoms with Crippen LogP contribution < -0.4 is 5.32 Å². The molecule has 1 N–H and O–H groups in total. The second-order valence-corrected chi connectivity index (χ2v) is 3.28. The van der Waals surface area contributed by atoms with Gasteiger partial charge in [0.1, 0.15) is 0 Å². The van der Waals surface area contributed by atoms with Crippen LogP contribution in [0.25, 0.3) is 0 Å². The van der Waals surface area contributed by atoms with Crippen LogP contribution in [0.4, 0.5) is 0 Å². The highest BCUT2D eigenvalue weighted by Crippen LogP contribution is 2.19. The van der Waals surface area contributed by atoms with Crippen LogP contribution >= 0.6 is 0 Å². The third-order valence-electron chi connectivity index (χ3n) is 2.23. The molecule has 0 amide bonds. The van der Waals surface area contributed by atoms with Gasteiger partial charge in [0.05, 0.1) is 7.11 Å². The minimum absolute atomic E-state index is 0.180. The number of nitrogens with one attached hydrogen (secondary N) is 1. The fraction of sp³-hybridized carbons (Fsp3) is 0.700. The van der Waals surface area contributed by atoms with Crippen LogP contribution in [0.3, 0.4) is 0 Å². The van der Waals surface area contributed by atoms with Crippen LogP contribution in [0, 0.1) is 0 Å². The highest BCUT2D eigenvalue weighted by Gasteiger charge is 2.20. The minimum Gasteiger partial charge on any atom is -0.466 e. The lowest BCUT2D eigenvalue weighted by Crippen LogP contribution is -2.25. The van der Waals surface area contributed by atoms with E-state index < -0.39 is 0 Å². The molecule has 3 heteroatoms. The van der Waals surface area contributed by atoms with Gasteiger partial charge in [-0.2, -0.15) is 0 Å². The lowest BCUT2D eigenvalue weighted by atomic mass is 10.2. The molecule has 0 aliphatic heterocycles. The third kappa shape index (κ3) is 2.84. The molecule has 13 heavy (non-hydrogen) atoms. The number of esters is 1. The molecule has 1 rings (SSSR count). The Balaban J connectivity index is 2.39. The monoisotopic (exact) mass is 183 g/mol. The van der Waals surface area contributed by atoms with Crippen LogP contribution in [-0.4, -0.2) is 25.7 Å². The molecule has 0 radical (unpaired) electrons. The number of carbonyl (C=O) groups is 1. The largest absolute Gasteiger partial charge is 0.466 e. The minimum atomic E-state index is -0.180. The van der Waals surface area contributed by atoms with E-state index in [1.807, 2.05) is 6.08 Å². The summed E-state index contributed by atoms with van der Waals surface area (Å²) in [6.07, 6.45) is 4.97. The Labute approximate surface area is 79.2 Å². The fourth-order valence-corrected chi connectivity index (χ4v) is 1.51. The Morgan fingerprint density at radius 3 is 3.15 bits per heavy atom. The summed E-state index contributed by atoms with van der Waals surface area (Å²) in [5.74, 6) is -0.180. The molecule has 0 spiro atoms. The number of ether oxygens (including phenoxy) is 1. The van der Waals surface area contributed by atoms with Gasteiger partial charge in [0.25, 0.3) is 0 Å². The quantitative estimate of drug-likeness (QED) is 0.666. The van der Waals surface area contributed by atoms with Crippen molar-refractivity contribution in [3.63, 3.8) is 0 Å². The molecule has 1 unspecified atom stereocenters. The molecule has 0 aromatic carbocycles. The highest BCUT2D eigenvalue weighted by molar-refractivity contribution is 5.89. The van der Waals surface area contributed by atoms with E-state index in [4.69, 9.17) is 0 Å². The van der Waals surface area contributed by atoms with E-state index >= 15 is 0 Å². The van der Waals surface area contributed by atoms with E-state index in [0.717, 1.165) is 31.4 Å². The molecule has 1 atom stereocenters. The average Bonchev–Trinajstić information content (AvgIpc) is 2.62. The molecule has 0 saturated carbocycles. The standard InChI is InChI=1S/C10H17NO2/c1-3-6-11-9-5-4-8(7-9)10(12)13-2/h7,9,11H,3-6H2,1-2H3. The number of carbonyl (C=O) groups excluding carboxylic acids is 1. The first-order chi connectivity index (χ1) is 6.27. The maximum absolute atomic E-state index is 11.1. The second-order valence-electron chi connectivity index (χ2n) is 3.28. The summed E-state index contributed by atoms with van der Waals surface area (Å²) in [5.41, 5.74) is 0.816. The van der Waals surface area contributed by atoms with Crippen molar-refractivity contribution in [2.45, 2.75) is 32.2 Å². The van der Waals surface area contributed by atoms with Gasteiger partial charge < -0.3 is 10.1 Å². The molecule has 1 aliphatic carbocycles. The zero-order chi connectivity index (χ0) is 9.68. The maximum atomic E-state index is 11.1. The average molecular weight is 183 g/mol. The van der Waals surface area contributed by atoms with Crippen molar-refractivity contribution in [1.29, 1.82) is 0 Å². The zero-order valence-electron chi connectivity index (χ0n) is 8.30. The molecule has 0 fully saturated rings. The predicted molar refractivity (Wildman–Crippen MR) is 51.4 cm³/mol. The van der Waals surface area contributed by atoms with Crippen LogP contribution in [0.2, 0.25) is 0 Å². The first kappa shape index (κ1) is 10.3. The van der Waals surface area contributed by atoms with E-state index in [0.29, 0.717) is 6.04 Å². The Morgan fingerprint density at radius 2 is 2.54 bits per heavy atom. The van der Waals surface area contributed by atoms with Gasteiger partial charge in [-0.05, 0) is 25.8 Å². The van der Waals surface area contributed by atoms with Crippen LogP contribution in [0.5, 0.6) is 0 Å². The Hall–Kier alpha value is -0.830. The molecular formula is C10H17NO2. The van der Waals surface area contributed by atoms with Crippen LogP contribution in [-0.2, 0) is 9.53 Å². The second kappa shape index (κ2) is 5.02. The lowest BCUT2D eigenvalue weighted by Gasteiger charge is -2.07. The molecule has 3 nitrogen and oxygen atoms in total. The molecule has 74 valence electrons. The first-order valence-corrected chi connectivity index (χ1v) is 4.80. The summed E-state index contributed by atoms with van der Waals surface area (Å²) in [7, 11) is 1.43. The molecular weight excluding hydrogens is 166 g/mol. The van der Waals surface area contributed by atoms with Gasteiger partial charge in [-0.25, -0.2) is 4.79 Å². The van der Waals surface area contributed by atoms with Crippen LogP contribution in [0.15, 0.2) is 11.6 Å². The first-order valence-electron chi connectivity index (χ1n) is 4.80. The van der Waals surface area contributed by atoms with Gasteiger partial charge in [-0.15, -0.1) is 0 Å². The fourth-order valence-electron chi connectivity index (χ4n) is 1.51. The van der Waals surface area contributed by atoms with Crippen LogP contribution in [0.1, 0.15) is 26.2 Å². The number of hydrogen-bond donors (Lipinski definition) is 1. The van der Waals surface area contributed by atoms with E-state index in [1.54, 1.807) is 0 Å². The molecule has 0 heterocycles. The number of rotatable bonds is 4. The summed E-state index contributed by atoms with van der Waals surface area (Å²) in [6.45, 7) is 3.14. The van der Waals surface area contributed by atoms with Gasteiger partial charge in [-0.3, -0.25) is 0 Å². The summed E-state index contributed by atoms with van der Waals surface area (Å²) < 4.78 is 4.65. The van der Waals surface area contributed by atoms with Crippen molar-refractivity contribution in [3.8, 4) is 0 Å².